The number of hydrogen-bond donors (Lipinski definition) is 3. The Labute approximate surface area is 143 Å². The van der Waals surface area contributed by atoms with E-state index in [-0.39, 0.29) is 11.7 Å². The molecule has 0 bridgehead atoms. The van der Waals surface area contributed by atoms with E-state index in [0.29, 0.717) is 6.42 Å². The summed E-state index contributed by atoms with van der Waals surface area (Å²) in [4.78, 5) is 23.9. The van der Waals surface area contributed by atoms with Crippen molar-refractivity contribution in [1.29, 1.82) is 5.41 Å². The third-order valence-corrected chi connectivity index (χ3v) is 4.88. The molecule has 0 aromatic carbocycles. The molecular weight excluding hydrogens is 320 g/mol. The van der Waals surface area contributed by atoms with Gasteiger partial charge in [-0.15, -0.1) is 0 Å². The highest BCUT2D eigenvalue weighted by Crippen LogP contribution is 2.35. The highest BCUT2D eigenvalue weighted by molar-refractivity contribution is 6.28. The zero-order valence-electron chi connectivity index (χ0n) is 13.5. The molecule has 8 nitrogen and oxygen atoms in total. The lowest BCUT2D eigenvalue weighted by molar-refractivity contribution is -0.118. The van der Waals surface area contributed by atoms with Gasteiger partial charge in [0.15, 0.2) is 5.78 Å². The van der Waals surface area contributed by atoms with Gasteiger partial charge in [0, 0.05) is 29.3 Å². The fourth-order valence-corrected chi connectivity index (χ4v) is 3.68. The molecule has 3 aromatic rings. The summed E-state index contributed by atoms with van der Waals surface area (Å²) in [5.41, 5.74) is 2.23. The number of rotatable bonds is 5. The lowest BCUT2D eigenvalue weighted by Crippen LogP contribution is -2.32. The van der Waals surface area contributed by atoms with Crippen LogP contribution in [0, 0.1) is 11.3 Å². The molecule has 4 rings (SSSR count). The van der Waals surface area contributed by atoms with Crippen molar-refractivity contribution in [2.75, 3.05) is 0 Å². The van der Waals surface area contributed by atoms with Crippen LogP contribution in [0.2, 0.25) is 0 Å². The average Bonchev–Trinajstić information content (AvgIpc) is 3.36. The van der Waals surface area contributed by atoms with Gasteiger partial charge in [-0.05, 0) is 18.9 Å². The van der Waals surface area contributed by atoms with E-state index in [1.807, 2.05) is 6.07 Å². The minimum absolute atomic E-state index is 0.223. The number of ketones is 1. The zero-order chi connectivity index (χ0) is 17.4. The summed E-state index contributed by atoms with van der Waals surface area (Å²) in [6.07, 6.45) is 9.25. The number of nitrogens with one attached hydrogen (secondary N) is 2. The van der Waals surface area contributed by atoms with Crippen molar-refractivity contribution in [1.82, 2.24) is 24.7 Å². The number of aliphatic hydroxyl groups is 1. The summed E-state index contributed by atoms with van der Waals surface area (Å²) in [6, 6.07) is 1.23. The Bertz CT molecular complexity index is 930. The second kappa shape index (κ2) is 6.21. The molecule has 1 saturated carbocycles. The summed E-state index contributed by atoms with van der Waals surface area (Å²) in [6.45, 7) is 0. The molecule has 8 heteroatoms. The molecule has 0 radical (unpaired) electrons. The number of Topliss-reactive ketones (excluding diaryl/α,β-unsaturated/α-hetero) is 1. The summed E-state index contributed by atoms with van der Waals surface area (Å²) >= 11 is 0. The first kappa shape index (κ1) is 15.6. The molecule has 3 aromatic heterocycles. The second-order valence-electron chi connectivity index (χ2n) is 6.32. The van der Waals surface area contributed by atoms with Gasteiger partial charge in [0.2, 0.25) is 0 Å². The van der Waals surface area contributed by atoms with E-state index in [9.17, 15) is 9.90 Å². The lowest BCUT2D eigenvalue weighted by atomic mass is 9.93. The van der Waals surface area contributed by atoms with E-state index in [0.717, 1.165) is 41.3 Å². The van der Waals surface area contributed by atoms with Crippen LogP contribution in [0.15, 0.2) is 31.0 Å². The number of carbonyl (C=O) groups excluding carboxylic acids is 1. The van der Waals surface area contributed by atoms with Gasteiger partial charge in [-0.3, -0.25) is 9.48 Å². The average molecular weight is 338 g/mol. The number of nitrogens with zero attached hydrogens (tertiary/aromatic N) is 4. The topological polar surface area (TPSA) is 121 Å². The van der Waals surface area contributed by atoms with Crippen LogP contribution in [0.4, 0.5) is 0 Å². The number of hydrogen-bond acceptors (Lipinski definition) is 6. The van der Waals surface area contributed by atoms with E-state index < -0.39 is 12.1 Å². The van der Waals surface area contributed by atoms with Gasteiger partial charge in [-0.1, -0.05) is 6.42 Å². The van der Waals surface area contributed by atoms with E-state index in [1.165, 1.54) is 6.33 Å². The van der Waals surface area contributed by atoms with Crippen LogP contribution in [0.1, 0.15) is 25.3 Å². The largest absolute Gasteiger partial charge is 0.393 e. The quantitative estimate of drug-likeness (QED) is 0.612. The Hall–Kier alpha value is -2.87. The van der Waals surface area contributed by atoms with Crippen molar-refractivity contribution < 1.29 is 9.90 Å². The Balaban J connectivity index is 1.74. The van der Waals surface area contributed by atoms with Crippen LogP contribution in [0.25, 0.3) is 22.3 Å². The van der Waals surface area contributed by atoms with Crippen LogP contribution in [0.3, 0.4) is 0 Å². The van der Waals surface area contributed by atoms with Crippen molar-refractivity contribution in [3.63, 3.8) is 0 Å². The van der Waals surface area contributed by atoms with Crippen molar-refractivity contribution in [2.24, 2.45) is 5.92 Å². The van der Waals surface area contributed by atoms with Gasteiger partial charge in [-0.25, -0.2) is 9.97 Å². The fraction of sp³-hybridized carbons (Fsp3) is 0.353. The number of aliphatic hydroxyl groups excluding tert-OH is 1. The van der Waals surface area contributed by atoms with Crippen LogP contribution < -0.4 is 0 Å². The molecule has 128 valence electrons. The number of H-pyrrole nitrogens is 1. The smallest absolute Gasteiger partial charge is 0.197 e. The highest BCUT2D eigenvalue weighted by atomic mass is 16.3. The van der Waals surface area contributed by atoms with E-state index in [1.54, 1.807) is 23.3 Å². The predicted octanol–water partition coefficient (Wildman–Crippen LogP) is 1.74. The van der Waals surface area contributed by atoms with Crippen LogP contribution in [-0.4, -0.2) is 47.9 Å². The van der Waals surface area contributed by atoms with Crippen molar-refractivity contribution in [3.05, 3.63) is 31.0 Å². The molecule has 3 unspecified atom stereocenters. The molecule has 1 fully saturated rings. The van der Waals surface area contributed by atoms with Crippen molar-refractivity contribution in [2.45, 2.75) is 31.4 Å². The third-order valence-electron chi connectivity index (χ3n) is 4.88. The van der Waals surface area contributed by atoms with Gasteiger partial charge in [0.1, 0.15) is 18.0 Å². The molecule has 1 aliphatic rings. The Morgan fingerprint density at radius 1 is 1.44 bits per heavy atom. The second-order valence-corrected chi connectivity index (χ2v) is 6.32. The molecule has 3 N–H and O–H groups in total. The van der Waals surface area contributed by atoms with Gasteiger partial charge in [-0.2, -0.15) is 5.10 Å². The van der Waals surface area contributed by atoms with E-state index in [2.05, 4.69) is 20.1 Å². The molecule has 0 spiro atoms. The third kappa shape index (κ3) is 2.64. The standard InChI is InChI=1S/C17H18N6O2/c18-6-14(25)16(11-2-1-3-13(11)24)23-8-10(7-22-23)15-12-4-5-19-17(12)21-9-20-15/h4-9,11,13,16,18,24H,1-3H2,(H,19,20,21). The summed E-state index contributed by atoms with van der Waals surface area (Å²) < 4.78 is 1.56. The predicted molar refractivity (Wildman–Crippen MR) is 91.3 cm³/mol. The fourth-order valence-electron chi connectivity index (χ4n) is 3.68. The normalized spacial score (nSPS) is 21.5. The molecule has 1 aliphatic carbocycles. The Morgan fingerprint density at radius 3 is 3.08 bits per heavy atom. The van der Waals surface area contributed by atoms with Crippen LogP contribution >= 0.6 is 0 Å². The summed E-state index contributed by atoms with van der Waals surface area (Å²) in [5, 5.41) is 22.8. The first-order valence-corrected chi connectivity index (χ1v) is 8.24. The Kier molecular flexibility index (Phi) is 3.89. The number of fused-ring (bicyclic) bond motifs is 1. The van der Waals surface area contributed by atoms with Gasteiger partial charge in [0.05, 0.1) is 24.2 Å². The summed E-state index contributed by atoms with van der Waals surface area (Å²) in [7, 11) is 0. The molecule has 0 amide bonds. The van der Waals surface area contributed by atoms with Crippen molar-refractivity contribution >= 4 is 23.0 Å². The van der Waals surface area contributed by atoms with Gasteiger partial charge < -0.3 is 15.5 Å². The SMILES string of the molecule is N=CC(=O)C(C1CCCC1O)n1cc(-c2ncnc3[nH]ccc23)cn1. The molecule has 3 heterocycles. The molecule has 3 atom stereocenters. The molecule has 0 saturated heterocycles. The van der Waals surface area contributed by atoms with Crippen LogP contribution in [0.5, 0.6) is 0 Å². The minimum Gasteiger partial charge on any atom is -0.393 e. The maximum atomic E-state index is 12.3. The van der Waals surface area contributed by atoms with Gasteiger partial charge in [0.25, 0.3) is 0 Å². The van der Waals surface area contributed by atoms with E-state index in [4.69, 9.17) is 5.41 Å². The monoisotopic (exact) mass is 338 g/mol. The number of aromatic amines is 1. The van der Waals surface area contributed by atoms with Crippen LogP contribution in [-0.2, 0) is 4.79 Å². The minimum atomic E-state index is -0.660. The van der Waals surface area contributed by atoms with E-state index >= 15 is 0 Å². The first-order chi connectivity index (χ1) is 12.2. The number of carbonyl (C=O) groups is 1. The molecular formula is C17H18N6O2. The summed E-state index contributed by atoms with van der Waals surface area (Å²) in [5.74, 6) is -0.574. The molecule has 0 aliphatic heterocycles. The zero-order valence-corrected chi connectivity index (χ0v) is 13.5. The first-order valence-electron chi connectivity index (χ1n) is 8.24. The lowest BCUT2D eigenvalue weighted by Gasteiger charge is -2.24. The maximum absolute atomic E-state index is 12.3. The number of aromatic nitrogens is 5. The highest BCUT2D eigenvalue weighted by Gasteiger charge is 2.37. The maximum Gasteiger partial charge on any atom is 0.197 e. The van der Waals surface area contributed by atoms with Gasteiger partial charge >= 0.3 is 0 Å². The Morgan fingerprint density at radius 2 is 2.32 bits per heavy atom. The molecule has 25 heavy (non-hydrogen) atoms. The van der Waals surface area contributed by atoms with Crippen molar-refractivity contribution in [3.8, 4) is 11.3 Å².